The lowest BCUT2D eigenvalue weighted by molar-refractivity contribution is 0.0600. The van der Waals surface area contributed by atoms with E-state index in [-0.39, 0.29) is 5.97 Å². The van der Waals surface area contributed by atoms with Gasteiger partial charge in [-0.15, -0.1) is 0 Å². The Labute approximate surface area is 121 Å². The second kappa shape index (κ2) is 5.83. The van der Waals surface area contributed by atoms with E-state index < -0.39 is 0 Å². The lowest BCUT2D eigenvalue weighted by Crippen LogP contribution is -2.13. The maximum atomic E-state index is 11.5. The average molecular weight is 291 g/mol. The summed E-state index contributed by atoms with van der Waals surface area (Å²) in [6, 6.07) is 3.52. The molecule has 0 spiro atoms. The van der Waals surface area contributed by atoms with E-state index in [1.807, 2.05) is 11.8 Å². The van der Waals surface area contributed by atoms with Gasteiger partial charge in [-0.2, -0.15) is 16.9 Å². The van der Waals surface area contributed by atoms with E-state index in [0.29, 0.717) is 10.8 Å². The SMILES string of the molecule is COC(=O)c1ccc2nc(CC3CCCCS3)nn2c1. The third kappa shape index (κ3) is 2.80. The van der Waals surface area contributed by atoms with Crippen molar-refractivity contribution in [2.75, 3.05) is 12.9 Å². The van der Waals surface area contributed by atoms with Crippen LogP contribution in [0.5, 0.6) is 0 Å². The van der Waals surface area contributed by atoms with Crippen molar-refractivity contribution >= 4 is 23.4 Å². The number of thioether (sulfide) groups is 1. The molecule has 0 radical (unpaired) electrons. The van der Waals surface area contributed by atoms with Crippen molar-refractivity contribution in [1.82, 2.24) is 14.6 Å². The third-order valence-electron chi connectivity index (χ3n) is 3.48. The molecule has 0 amide bonds. The smallest absolute Gasteiger partial charge is 0.339 e. The van der Waals surface area contributed by atoms with Crippen LogP contribution >= 0.6 is 11.8 Å². The first-order valence-corrected chi connectivity index (χ1v) is 7.86. The molecule has 1 saturated heterocycles. The second-order valence-electron chi connectivity index (χ2n) is 4.93. The third-order valence-corrected chi connectivity index (χ3v) is 4.88. The van der Waals surface area contributed by atoms with Gasteiger partial charge in [0.1, 0.15) is 0 Å². The van der Waals surface area contributed by atoms with Crippen LogP contribution in [0.3, 0.4) is 0 Å². The molecular weight excluding hydrogens is 274 g/mol. The molecule has 2 aromatic heterocycles. The number of hydrogen-bond donors (Lipinski definition) is 0. The van der Waals surface area contributed by atoms with Gasteiger partial charge < -0.3 is 4.74 Å². The molecule has 3 rings (SSSR count). The number of carbonyl (C=O) groups is 1. The van der Waals surface area contributed by atoms with Crippen LogP contribution in [0.4, 0.5) is 0 Å². The minimum atomic E-state index is -0.355. The predicted octanol–water partition coefficient (Wildman–Crippen LogP) is 2.34. The molecule has 3 heterocycles. The van der Waals surface area contributed by atoms with Crippen molar-refractivity contribution in [3.63, 3.8) is 0 Å². The van der Waals surface area contributed by atoms with Gasteiger partial charge in [-0.3, -0.25) is 0 Å². The predicted molar refractivity (Wildman–Crippen MR) is 78.1 cm³/mol. The van der Waals surface area contributed by atoms with Crippen molar-refractivity contribution < 1.29 is 9.53 Å². The number of hydrogen-bond acceptors (Lipinski definition) is 5. The Kier molecular flexibility index (Phi) is 3.91. The Hall–Kier alpha value is -1.56. The summed E-state index contributed by atoms with van der Waals surface area (Å²) in [6.45, 7) is 0. The van der Waals surface area contributed by atoms with Gasteiger partial charge in [0, 0.05) is 17.9 Å². The highest BCUT2D eigenvalue weighted by Crippen LogP contribution is 2.27. The molecule has 0 aromatic carbocycles. The summed E-state index contributed by atoms with van der Waals surface area (Å²) in [5.41, 5.74) is 1.26. The quantitative estimate of drug-likeness (QED) is 0.812. The van der Waals surface area contributed by atoms with Gasteiger partial charge in [-0.25, -0.2) is 14.3 Å². The Morgan fingerprint density at radius 2 is 2.40 bits per heavy atom. The summed E-state index contributed by atoms with van der Waals surface area (Å²) >= 11 is 2.02. The number of pyridine rings is 1. The fourth-order valence-corrected chi connectivity index (χ4v) is 3.73. The van der Waals surface area contributed by atoms with E-state index in [9.17, 15) is 4.79 Å². The van der Waals surface area contributed by atoms with Crippen molar-refractivity contribution in [2.24, 2.45) is 0 Å². The van der Waals surface area contributed by atoms with Gasteiger partial charge in [0.15, 0.2) is 11.5 Å². The van der Waals surface area contributed by atoms with Crippen molar-refractivity contribution in [2.45, 2.75) is 30.9 Å². The van der Waals surface area contributed by atoms with E-state index in [2.05, 4.69) is 10.1 Å². The number of methoxy groups -OCH3 is 1. The molecule has 1 fully saturated rings. The van der Waals surface area contributed by atoms with Gasteiger partial charge in [-0.1, -0.05) is 6.42 Å². The number of carbonyl (C=O) groups excluding carboxylic acids is 1. The molecule has 20 heavy (non-hydrogen) atoms. The van der Waals surface area contributed by atoms with Crippen LogP contribution in [0, 0.1) is 0 Å². The molecule has 1 aliphatic heterocycles. The first-order valence-electron chi connectivity index (χ1n) is 6.81. The average Bonchev–Trinajstić information content (AvgIpc) is 2.88. The van der Waals surface area contributed by atoms with Crippen LogP contribution in [0.15, 0.2) is 18.3 Å². The largest absolute Gasteiger partial charge is 0.465 e. The molecule has 0 aliphatic carbocycles. The van der Waals surface area contributed by atoms with Crippen LogP contribution in [0.25, 0.3) is 5.65 Å². The Bertz CT molecular complexity index is 620. The maximum Gasteiger partial charge on any atom is 0.339 e. The zero-order valence-electron chi connectivity index (χ0n) is 11.4. The Morgan fingerprint density at radius 1 is 1.50 bits per heavy atom. The summed E-state index contributed by atoms with van der Waals surface area (Å²) in [5.74, 6) is 1.74. The molecule has 5 nitrogen and oxygen atoms in total. The topological polar surface area (TPSA) is 56.5 Å². The number of nitrogens with zero attached hydrogens (tertiary/aromatic N) is 3. The highest BCUT2D eigenvalue weighted by Gasteiger charge is 2.17. The first-order chi connectivity index (χ1) is 9.76. The minimum Gasteiger partial charge on any atom is -0.465 e. The van der Waals surface area contributed by atoms with Crippen molar-refractivity contribution in [3.05, 3.63) is 29.7 Å². The summed E-state index contributed by atoms with van der Waals surface area (Å²) in [6.07, 6.45) is 6.44. The summed E-state index contributed by atoms with van der Waals surface area (Å²) < 4.78 is 6.37. The summed E-state index contributed by atoms with van der Waals surface area (Å²) in [7, 11) is 1.37. The van der Waals surface area contributed by atoms with Gasteiger partial charge >= 0.3 is 5.97 Å². The first kappa shape index (κ1) is 13.4. The molecule has 1 atom stereocenters. The summed E-state index contributed by atoms with van der Waals surface area (Å²) in [4.78, 5) is 16.0. The van der Waals surface area contributed by atoms with Crippen molar-refractivity contribution in [3.8, 4) is 0 Å². The van der Waals surface area contributed by atoms with Gasteiger partial charge in [-0.05, 0) is 30.7 Å². The lowest BCUT2D eigenvalue weighted by Gasteiger charge is -2.19. The van der Waals surface area contributed by atoms with Crippen LogP contribution < -0.4 is 0 Å². The van der Waals surface area contributed by atoms with Gasteiger partial charge in [0.2, 0.25) is 0 Å². The Balaban J connectivity index is 1.81. The monoisotopic (exact) mass is 291 g/mol. The molecule has 106 valence electrons. The standard InChI is InChI=1S/C14H17N3O2S/c1-19-14(18)10-5-6-13-15-12(16-17(13)9-10)8-11-4-2-3-7-20-11/h5-6,9,11H,2-4,7-8H2,1H3. The molecule has 0 bridgehead atoms. The normalized spacial score (nSPS) is 19.1. The fraction of sp³-hybridized carbons (Fsp3) is 0.500. The number of fused-ring (bicyclic) bond motifs is 1. The minimum absolute atomic E-state index is 0.355. The van der Waals surface area contributed by atoms with Crippen LogP contribution in [0.1, 0.15) is 35.4 Å². The zero-order valence-corrected chi connectivity index (χ0v) is 12.2. The number of aromatic nitrogens is 3. The van der Waals surface area contributed by atoms with E-state index >= 15 is 0 Å². The van der Waals surface area contributed by atoms with Gasteiger partial charge in [0.25, 0.3) is 0 Å². The van der Waals surface area contributed by atoms with Crippen LogP contribution in [0.2, 0.25) is 0 Å². The molecule has 6 heteroatoms. The molecule has 2 aromatic rings. The fourth-order valence-electron chi connectivity index (χ4n) is 2.43. The number of ether oxygens (including phenoxy) is 1. The zero-order chi connectivity index (χ0) is 13.9. The number of esters is 1. The van der Waals surface area contributed by atoms with E-state index in [1.54, 1.807) is 22.8 Å². The van der Waals surface area contributed by atoms with Crippen LogP contribution in [-0.2, 0) is 11.2 Å². The van der Waals surface area contributed by atoms with Gasteiger partial charge in [0.05, 0.1) is 12.7 Å². The van der Waals surface area contributed by atoms with Crippen LogP contribution in [-0.4, -0.2) is 38.7 Å². The van der Waals surface area contributed by atoms with E-state index in [4.69, 9.17) is 4.74 Å². The second-order valence-corrected chi connectivity index (χ2v) is 6.34. The van der Waals surface area contributed by atoms with E-state index in [0.717, 1.165) is 17.9 Å². The molecule has 1 aliphatic rings. The highest BCUT2D eigenvalue weighted by atomic mass is 32.2. The molecule has 0 N–H and O–H groups in total. The number of rotatable bonds is 3. The summed E-state index contributed by atoms with van der Waals surface area (Å²) in [5, 5.41) is 5.09. The molecule has 0 saturated carbocycles. The lowest BCUT2D eigenvalue weighted by atomic mass is 10.1. The molecule has 1 unspecified atom stereocenters. The highest BCUT2D eigenvalue weighted by molar-refractivity contribution is 7.99. The van der Waals surface area contributed by atoms with Crippen molar-refractivity contribution in [1.29, 1.82) is 0 Å². The maximum absolute atomic E-state index is 11.5. The Morgan fingerprint density at radius 3 is 3.15 bits per heavy atom. The molecular formula is C14H17N3O2S. The van der Waals surface area contributed by atoms with E-state index in [1.165, 1.54) is 32.1 Å².